The van der Waals surface area contributed by atoms with Crippen molar-refractivity contribution in [2.45, 2.75) is 58.3 Å². The zero-order valence-corrected chi connectivity index (χ0v) is 19.0. The number of halogens is 6. The lowest BCUT2D eigenvalue weighted by molar-refractivity contribution is -0.193. The number of hydrogen-bond acceptors (Lipinski definition) is 7. The molecule has 0 aromatic carbocycles. The van der Waals surface area contributed by atoms with Gasteiger partial charge in [-0.25, -0.2) is 9.59 Å². The molecular formula is C20H25F6N3O6. The Morgan fingerprint density at radius 3 is 2.11 bits per heavy atom. The van der Waals surface area contributed by atoms with Gasteiger partial charge in [-0.15, -0.1) is 0 Å². The van der Waals surface area contributed by atoms with E-state index in [0.29, 0.717) is 6.04 Å². The van der Waals surface area contributed by atoms with Crippen LogP contribution in [0.25, 0.3) is 0 Å². The van der Waals surface area contributed by atoms with Crippen molar-refractivity contribution in [2.24, 2.45) is 0 Å². The van der Waals surface area contributed by atoms with Crippen LogP contribution in [-0.2, 0) is 35.6 Å². The molecule has 1 aliphatic heterocycles. The molecule has 0 spiro atoms. The van der Waals surface area contributed by atoms with Crippen LogP contribution in [0, 0.1) is 0 Å². The number of carbonyl (C=O) groups is 2. The molecule has 0 fully saturated rings. The Morgan fingerprint density at radius 1 is 1.14 bits per heavy atom. The molecule has 1 aliphatic rings. The van der Waals surface area contributed by atoms with Gasteiger partial charge in [-0.1, -0.05) is 5.16 Å². The van der Waals surface area contributed by atoms with Crippen LogP contribution in [0.15, 0.2) is 27.5 Å². The second-order valence-corrected chi connectivity index (χ2v) is 7.74. The Kier molecular flexibility index (Phi) is 10.8. The molecule has 35 heavy (non-hydrogen) atoms. The first kappa shape index (κ1) is 30.0. The van der Waals surface area contributed by atoms with Crippen molar-refractivity contribution >= 4 is 11.9 Å². The maximum absolute atomic E-state index is 10.6. The summed E-state index contributed by atoms with van der Waals surface area (Å²) >= 11 is 0. The summed E-state index contributed by atoms with van der Waals surface area (Å²) in [5.74, 6) is -4.45. The molecule has 15 heteroatoms. The Labute approximate surface area is 195 Å². The molecule has 9 nitrogen and oxygen atoms in total. The Bertz CT molecular complexity index is 916. The lowest BCUT2D eigenvalue weighted by Gasteiger charge is -2.26. The third kappa shape index (κ3) is 10.4. The SMILES string of the molecule is CC(C)N(C)Cc1noc2c1CN(Cc1ccoc1)CC2.O=C(O)C(F)(F)F.O=C(O)C(F)(F)F. The summed E-state index contributed by atoms with van der Waals surface area (Å²) in [6, 6.07) is 2.53. The van der Waals surface area contributed by atoms with Gasteiger partial charge in [0.1, 0.15) is 11.5 Å². The van der Waals surface area contributed by atoms with Crippen molar-refractivity contribution in [3.05, 3.63) is 41.2 Å². The predicted molar refractivity (Wildman–Crippen MR) is 107 cm³/mol. The third-order valence-corrected chi connectivity index (χ3v) is 4.74. The van der Waals surface area contributed by atoms with Crippen molar-refractivity contribution in [3.8, 4) is 0 Å². The number of alkyl halides is 6. The molecule has 0 saturated carbocycles. The maximum Gasteiger partial charge on any atom is 0.490 e. The summed E-state index contributed by atoms with van der Waals surface area (Å²) in [5, 5.41) is 18.5. The lowest BCUT2D eigenvalue weighted by atomic mass is 10.0. The highest BCUT2D eigenvalue weighted by atomic mass is 19.4. The van der Waals surface area contributed by atoms with Crippen molar-refractivity contribution < 1.29 is 55.1 Å². The Morgan fingerprint density at radius 2 is 1.69 bits per heavy atom. The third-order valence-electron chi connectivity index (χ3n) is 4.74. The highest BCUT2D eigenvalue weighted by molar-refractivity contribution is 5.73. The topological polar surface area (TPSA) is 120 Å². The Balaban J connectivity index is 0.000000362. The van der Waals surface area contributed by atoms with E-state index in [-0.39, 0.29) is 0 Å². The molecule has 0 aliphatic carbocycles. The molecule has 0 atom stereocenters. The van der Waals surface area contributed by atoms with E-state index in [0.717, 1.165) is 44.1 Å². The monoisotopic (exact) mass is 517 g/mol. The second kappa shape index (κ2) is 12.6. The average Bonchev–Trinajstić information content (AvgIpc) is 3.37. The fraction of sp³-hybridized carbons (Fsp3) is 0.550. The number of hydrogen-bond donors (Lipinski definition) is 2. The summed E-state index contributed by atoms with van der Waals surface area (Å²) in [7, 11) is 2.12. The molecule has 3 rings (SSSR count). The fourth-order valence-corrected chi connectivity index (χ4v) is 2.64. The number of nitrogens with zero attached hydrogens (tertiary/aromatic N) is 3. The van der Waals surface area contributed by atoms with Crippen LogP contribution in [0.4, 0.5) is 26.3 Å². The first-order valence-electron chi connectivity index (χ1n) is 10.0. The average molecular weight is 517 g/mol. The largest absolute Gasteiger partial charge is 0.490 e. The molecule has 0 unspecified atom stereocenters. The number of fused-ring (bicyclic) bond motifs is 1. The number of aliphatic carboxylic acids is 2. The summed E-state index contributed by atoms with van der Waals surface area (Å²) in [6.07, 6.45) is -5.69. The van der Waals surface area contributed by atoms with Crippen LogP contribution >= 0.6 is 0 Å². The van der Waals surface area contributed by atoms with Gasteiger partial charge < -0.3 is 19.2 Å². The lowest BCUT2D eigenvalue weighted by Crippen LogP contribution is -2.31. The smallest absolute Gasteiger partial charge is 0.475 e. The van der Waals surface area contributed by atoms with Crippen LogP contribution < -0.4 is 0 Å². The van der Waals surface area contributed by atoms with Crippen molar-refractivity contribution in [1.29, 1.82) is 0 Å². The van der Waals surface area contributed by atoms with Gasteiger partial charge in [0.05, 0.1) is 12.5 Å². The molecule has 0 amide bonds. The van der Waals surface area contributed by atoms with Crippen LogP contribution in [-0.4, -0.2) is 69.1 Å². The minimum atomic E-state index is -5.08. The molecule has 0 bridgehead atoms. The normalized spacial score (nSPS) is 14.0. The van der Waals surface area contributed by atoms with Crippen molar-refractivity contribution in [1.82, 2.24) is 15.0 Å². The maximum atomic E-state index is 10.6. The van der Waals surface area contributed by atoms with E-state index in [4.69, 9.17) is 28.7 Å². The number of rotatable bonds is 5. The van der Waals surface area contributed by atoms with Gasteiger partial charge in [-0.2, -0.15) is 26.3 Å². The van der Waals surface area contributed by atoms with Gasteiger partial charge in [0, 0.05) is 49.8 Å². The zero-order valence-electron chi connectivity index (χ0n) is 19.0. The molecular weight excluding hydrogens is 492 g/mol. The summed E-state index contributed by atoms with van der Waals surface area (Å²) in [4.78, 5) is 22.5. The summed E-state index contributed by atoms with van der Waals surface area (Å²) < 4.78 is 74.2. The highest BCUT2D eigenvalue weighted by Gasteiger charge is 2.38. The zero-order chi connectivity index (χ0) is 27.0. The van der Waals surface area contributed by atoms with Gasteiger partial charge in [0.2, 0.25) is 0 Å². The predicted octanol–water partition coefficient (Wildman–Crippen LogP) is 3.93. The van der Waals surface area contributed by atoms with Gasteiger partial charge in [0.15, 0.2) is 0 Å². The number of carboxylic acids is 2. The van der Waals surface area contributed by atoms with E-state index in [2.05, 4.69) is 35.9 Å². The highest BCUT2D eigenvalue weighted by Crippen LogP contribution is 2.25. The van der Waals surface area contributed by atoms with Crippen LogP contribution in [0.3, 0.4) is 0 Å². The Hall–Kier alpha value is -3.07. The van der Waals surface area contributed by atoms with Gasteiger partial charge in [-0.3, -0.25) is 9.80 Å². The van der Waals surface area contributed by atoms with E-state index < -0.39 is 24.3 Å². The fourth-order valence-electron chi connectivity index (χ4n) is 2.64. The molecule has 2 aromatic heterocycles. The molecule has 2 N–H and O–H groups in total. The standard InChI is InChI=1S/C16H23N3O2.2C2HF3O2/c1-12(2)18(3)10-15-14-9-19(6-4-16(14)21-17-15)8-13-5-7-20-11-13;2*3-2(4,5)1(6)7/h5,7,11-12H,4,6,8-10H2,1-3H3;2*(H,6,7). The van der Waals surface area contributed by atoms with Crippen LogP contribution in [0.5, 0.6) is 0 Å². The van der Waals surface area contributed by atoms with Crippen LogP contribution in [0.2, 0.25) is 0 Å². The molecule has 198 valence electrons. The van der Waals surface area contributed by atoms with Gasteiger partial charge >= 0.3 is 24.3 Å². The molecule has 0 saturated heterocycles. The number of aromatic nitrogens is 1. The second-order valence-electron chi connectivity index (χ2n) is 7.74. The molecule has 0 radical (unpaired) electrons. The minimum Gasteiger partial charge on any atom is -0.475 e. The van der Waals surface area contributed by atoms with E-state index >= 15 is 0 Å². The first-order valence-corrected chi connectivity index (χ1v) is 10.0. The van der Waals surface area contributed by atoms with E-state index in [1.807, 2.05) is 12.3 Å². The van der Waals surface area contributed by atoms with Crippen molar-refractivity contribution in [3.63, 3.8) is 0 Å². The van der Waals surface area contributed by atoms with Crippen LogP contribution in [0.1, 0.15) is 36.4 Å². The van der Waals surface area contributed by atoms with Gasteiger partial charge in [0.25, 0.3) is 0 Å². The summed E-state index contributed by atoms with van der Waals surface area (Å²) in [6.45, 7) is 8.06. The molecule has 3 heterocycles. The van der Waals surface area contributed by atoms with Crippen molar-refractivity contribution in [2.75, 3.05) is 13.6 Å². The first-order chi connectivity index (χ1) is 16.0. The quantitative estimate of drug-likeness (QED) is 0.569. The number of carboxylic acid groups (broad SMARTS) is 2. The summed E-state index contributed by atoms with van der Waals surface area (Å²) in [5.41, 5.74) is 3.58. The van der Waals surface area contributed by atoms with Gasteiger partial charge in [-0.05, 0) is 27.0 Å². The minimum absolute atomic E-state index is 0.503. The number of furan rings is 1. The molecule has 2 aromatic rings. The van der Waals surface area contributed by atoms with E-state index in [1.54, 1.807) is 6.26 Å². The van der Waals surface area contributed by atoms with E-state index in [9.17, 15) is 26.3 Å². The van der Waals surface area contributed by atoms with E-state index in [1.165, 1.54) is 11.1 Å².